The van der Waals surface area contributed by atoms with E-state index in [0.29, 0.717) is 11.9 Å². The second-order valence-electron chi connectivity index (χ2n) is 5.56. The van der Waals surface area contributed by atoms with Crippen molar-refractivity contribution in [1.29, 1.82) is 0 Å². The predicted molar refractivity (Wildman–Crippen MR) is 87.5 cm³/mol. The molecule has 0 fully saturated rings. The largest absolute Gasteiger partial charge is 0.324 e. The monoisotopic (exact) mass is 292 g/mol. The molecule has 20 heavy (non-hydrogen) atoms. The predicted octanol–water partition coefficient (Wildman–Crippen LogP) is 5.61. The first kappa shape index (κ1) is 15.4. The summed E-state index contributed by atoms with van der Waals surface area (Å²) in [6, 6.07) is 6.95. The number of aromatic nitrogens is 2. The lowest BCUT2D eigenvalue weighted by Crippen LogP contribution is -2.12. The van der Waals surface area contributed by atoms with Crippen molar-refractivity contribution in [3.05, 3.63) is 29.6 Å². The summed E-state index contributed by atoms with van der Waals surface area (Å²) in [6.07, 6.45) is 6.11. The first-order chi connectivity index (χ1) is 9.72. The molecule has 110 valence electrons. The van der Waals surface area contributed by atoms with Crippen molar-refractivity contribution >= 4 is 22.6 Å². The van der Waals surface area contributed by atoms with E-state index in [1.54, 1.807) is 0 Å². The number of imidazole rings is 1. The summed E-state index contributed by atoms with van der Waals surface area (Å²) in [5.74, 6) is 1.51. The van der Waals surface area contributed by atoms with Crippen LogP contribution in [-0.2, 0) is 5.88 Å². The lowest BCUT2D eigenvalue weighted by molar-refractivity contribution is 0.418. The number of unbranched alkanes of at least 4 members (excludes halogenated alkanes) is 1. The molecule has 1 heterocycles. The van der Waals surface area contributed by atoms with Crippen LogP contribution >= 0.6 is 11.6 Å². The van der Waals surface area contributed by atoms with Crippen LogP contribution in [0.15, 0.2) is 18.2 Å². The molecular weight excluding hydrogens is 268 g/mol. The third-order valence-electron chi connectivity index (χ3n) is 3.99. The fourth-order valence-electron chi connectivity index (χ4n) is 2.98. The average Bonchev–Trinajstić information content (AvgIpc) is 2.83. The van der Waals surface area contributed by atoms with Crippen LogP contribution in [0.5, 0.6) is 0 Å². The van der Waals surface area contributed by atoms with Crippen molar-refractivity contribution in [2.45, 2.75) is 64.8 Å². The van der Waals surface area contributed by atoms with Crippen molar-refractivity contribution in [3.63, 3.8) is 0 Å². The Bertz CT molecular complexity index is 559. The van der Waals surface area contributed by atoms with Gasteiger partial charge in [-0.25, -0.2) is 4.98 Å². The standard InChI is InChI=1S/C17H25ClN2/c1-4-6-10-14(8-5-2)20-15-11-7-9-13(3)17(15)19-16(20)12-18/h7,9,11,14H,4-6,8,10,12H2,1-3H3. The Morgan fingerprint density at radius 1 is 1.20 bits per heavy atom. The topological polar surface area (TPSA) is 17.8 Å². The van der Waals surface area contributed by atoms with E-state index in [0.717, 1.165) is 11.3 Å². The molecule has 2 rings (SSSR count). The molecule has 0 radical (unpaired) electrons. The SMILES string of the molecule is CCCCC(CCC)n1c(CCl)nc2c(C)cccc21. The molecule has 0 spiro atoms. The van der Waals surface area contributed by atoms with Gasteiger partial charge in [0.05, 0.1) is 16.9 Å². The number of fused-ring (bicyclic) bond motifs is 1. The van der Waals surface area contributed by atoms with Crippen LogP contribution in [-0.4, -0.2) is 9.55 Å². The highest BCUT2D eigenvalue weighted by atomic mass is 35.5. The minimum Gasteiger partial charge on any atom is -0.324 e. The second-order valence-corrected chi connectivity index (χ2v) is 5.83. The number of benzene rings is 1. The molecule has 0 saturated heterocycles. The first-order valence-corrected chi connectivity index (χ1v) is 8.28. The third kappa shape index (κ3) is 3.01. The van der Waals surface area contributed by atoms with Crippen molar-refractivity contribution in [3.8, 4) is 0 Å². The average molecular weight is 293 g/mol. The maximum absolute atomic E-state index is 6.15. The van der Waals surface area contributed by atoms with Crippen LogP contribution in [0.25, 0.3) is 11.0 Å². The third-order valence-corrected chi connectivity index (χ3v) is 4.23. The molecule has 0 amide bonds. The van der Waals surface area contributed by atoms with Gasteiger partial charge in [-0.3, -0.25) is 0 Å². The van der Waals surface area contributed by atoms with Gasteiger partial charge in [-0.2, -0.15) is 0 Å². The van der Waals surface area contributed by atoms with Gasteiger partial charge in [0.2, 0.25) is 0 Å². The molecule has 0 aliphatic heterocycles. The van der Waals surface area contributed by atoms with Gasteiger partial charge in [-0.1, -0.05) is 45.2 Å². The van der Waals surface area contributed by atoms with Gasteiger partial charge < -0.3 is 4.57 Å². The van der Waals surface area contributed by atoms with Crippen LogP contribution in [0.3, 0.4) is 0 Å². The molecule has 0 aliphatic rings. The number of para-hydroxylation sites is 1. The summed E-state index contributed by atoms with van der Waals surface area (Å²) >= 11 is 6.15. The smallest absolute Gasteiger partial charge is 0.125 e. The maximum atomic E-state index is 6.15. The summed E-state index contributed by atoms with van der Waals surface area (Å²) < 4.78 is 2.40. The van der Waals surface area contributed by atoms with Gasteiger partial charge in [0.25, 0.3) is 0 Å². The zero-order valence-corrected chi connectivity index (χ0v) is 13.6. The number of rotatable bonds is 7. The Kier molecular flexibility index (Phi) is 5.47. The van der Waals surface area contributed by atoms with E-state index in [9.17, 15) is 0 Å². The Balaban J connectivity index is 2.51. The number of halogens is 1. The summed E-state index contributed by atoms with van der Waals surface area (Å²) in [5, 5.41) is 0. The van der Waals surface area contributed by atoms with E-state index in [4.69, 9.17) is 16.6 Å². The molecule has 0 bridgehead atoms. The van der Waals surface area contributed by atoms with Crippen LogP contribution in [0.4, 0.5) is 0 Å². The fourth-order valence-corrected chi connectivity index (χ4v) is 3.17. The number of aryl methyl sites for hydroxylation is 1. The molecule has 0 N–H and O–H groups in total. The van der Waals surface area contributed by atoms with Crippen molar-refractivity contribution in [1.82, 2.24) is 9.55 Å². The van der Waals surface area contributed by atoms with E-state index in [-0.39, 0.29) is 0 Å². The van der Waals surface area contributed by atoms with E-state index in [2.05, 4.69) is 43.5 Å². The molecule has 3 heteroatoms. The summed E-state index contributed by atoms with van der Waals surface area (Å²) in [6.45, 7) is 6.63. The molecular formula is C17H25ClN2. The lowest BCUT2D eigenvalue weighted by atomic mass is 10.0. The minimum atomic E-state index is 0.487. The van der Waals surface area contributed by atoms with E-state index in [1.807, 2.05) is 0 Å². The van der Waals surface area contributed by atoms with Crippen molar-refractivity contribution < 1.29 is 0 Å². The number of nitrogens with zero attached hydrogens (tertiary/aromatic N) is 2. The second kappa shape index (κ2) is 7.12. The summed E-state index contributed by atoms with van der Waals surface area (Å²) in [7, 11) is 0. The maximum Gasteiger partial charge on any atom is 0.125 e. The summed E-state index contributed by atoms with van der Waals surface area (Å²) in [5.41, 5.74) is 3.59. The van der Waals surface area contributed by atoms with E-state index < -0.39 is 0 Å². The molecule has 0 aliphatic carbocycles. The highest BCUT2D eigenvalue weighted by Gasteiger charge is 2.18. The lowest BCUT2D eigenvalue weighted by Gasteiger charge is -2.21. The van der Waals surface area contributed by atoms with E-state index in [1.165, 1.54) is 43.2 Å². The Hall–Kier alpha value is -1.02. The Morgan fingerprint density at radius 2 is 2.00 bits per heavy atom. The number of hydrogen-bond acceptors (Lipinski definition) is 1. The fraction of sp³-hybridized carbons (Fsp3) is 0.588. The van der Waals surface area contributed by atoms with Crippen molar-refractivity contribution in [2.24, 2.45) is 0 Å². The van der Waals surface area contributed by atoms with Crippen LogP contribution in [0.2, 0.25) is 0 Å². The number of alkyl halides is 1. The molecule has 0 saturated carbocycles. The molecule has 2 aromatic rings. The van der Waals surface area contributed by atoms with Gasteiger partial charge in [-0.15, -0.1) is 11.6 Å². The van der Waals surface area contributed by atoms with Gasteiger partial charge in [0.15, 0.2) is 0 Å². The zero-order chi connectivity index (χ0) is 14.5. The molecule has 1 aromatic carbocycles. The zero-order valence-electron chi connectivity index (χ0n) is 12.8. The highest BCUT2D eigenvalue weighted by molar-refractivity contribution is 6.16. The quantitative estimate of drug-likeness (QED) is 0.606. The van der Waals surface area contributed by atoms with Gasteiger partial charge >= 0.3 is 0 Å². The normalized spacial score (nSPS) is 13.0. The highest BCUT2D eigenvalue weighted by Crippen LogP contribution is 2.30. The minimum absolute atomic E-state index is 0.487. The van der Waals surface area contributed by atoms with Crippen LogP contribution < -0.4 is 0 Å². The van der Waals surface area contributed by atoms with E-state index >= 15 is 0 Å². The first-order valence-electron chi connectivity index (χ1n) is 7.75. The van der Waals surface area contributed by atoms with Gasteiger partial charge in [0, 0.05) is 6.04 Å². The van der Waals surface area contributed by atoms with Gasteiger partial charge in [0.1, 0.15) is 5.82 Å². The molecule has 1 atom stereocenters. The molecule has 2 nitrogen and oxygen atoms in total. The van der Waals surface area contributed by atoms with Crippen LogP contribution in [0.1, 0.15) is 63.4 Å². The van der Waals surface area contributed by atoms with Crippen LogP contribution in [0, 0.1) is 6.92 Å². The Morgan fingerprint density at radius 3 is 2.65 bits per heavy atom. The number of hydrogen-bond donors (Lipinski definition) is 0. The van der Waals surface area contributed by atoms with Crippen molar-refractivity contribution in [2.75, 3.05) is 0 Å². The summed E-state index contributed by atoms with van der Waals surface area (Å²) in [4.78, 5) is 4.77. The van der Waals surface area contributed by atoms with Gasteiger partial charge in [-0.05, 0) is 31.4 Å². The molecule has 1 aromatic heterocycles. The molecule has 1 unspecified atom stereocenters. The Labute approximate surface area is 127 Å².